The van der Waals surface area contributed by atoms with Crippen LogP contribution in [0, 0.1) is 18.3 Å². The molecule has 18 heavy (non-hydrogen) atoms. The number of hydrogen-bond donors (Lipinski definition) is 1. The fourth-order valence-corrected chi connectivity index (χ4v) is 1.90. The number of benzene rings is 2. The van der Waals surface area contributed by atoms with Gasteiger partial charge in [0.15, 0.2) is 0 Å². The summed E-state index contributed by atoms with van der Waals surface area (Å²) in [6, 6.07) is 20.2. The molecule has 0 heterocycles. The Hall–Kier alpha value is -2.11. The first-order valence-corrected chi connectivity index (χ1v) is 6.03. The summed E-state index contributed by atoms with van der Waals surface area (Å²) in [6.45, 7) is 2.74. The van der Waals surface area contributed by atoms with Gasteiger partial charge in [-0.15, -0.1) is 0 Å². The van der Waals surface area contributed by atoms with Crippen molar-refractivity contribution >= 4 is 0 Å². The Labute approximate surface area is 108 Å². The van der Waals surface area contributed by atoms with Crippen LogP contribution in [0.1, 0.15) is 22.7 Å². The lowest BCUT2D eigenvalue weighted by atomic mass is 10.1. The van der Waals surface area contributed by atoms with Crippen LogP contribution < -0.4 is 5.32 Å². The largest absolute Gasteiger partial charge is 0.294 e. The lowest BCUT2D eigenvalue weighted by Crippen LogP contribution is -2.19. The van der Waals surface area contributed by atoms with Crippen LogP contribution in [0.15, 0.2) is 54.6 Å². The van der Waals surface area contributed by atoms with Gasteiger partial charge in [0.2, 0.25) is 0 Å². The molecule has 0 radical (unpaired) electrons. The normalized spacial score (nSPS) is 11.8. The molecule has 2 aromatic rings. The first-order valence-electron chi connectivity index (χ1n) is 6.03. The van der Waals surface area contributed by atoms with E-state index in [1.165, 1.54) is 11.1 Å². The summed E-state index contributed by atoms with van der Waals surface area (Å²) in [5, 5.41) is 12.5. The van der Waals surface area contributed by atoms with Gasteiger partial charge in [-0.3, -0.25) is 5.32 Å². The summed E-state index contributed by atoms with van der Waals surface area (Å²) in [5.74, 6) is 0. The average Bonchev–Trinajstić information content (AvgIpc) is 2.41. The second-order valence-electron chi connectivity index (χ2n) is 4.34. The van der Waals surface area contributed by atoms with Crippen LogP contribution in [0.2, 0.25) is 0 Å². The Kier molecular flexibility index (Phi) is 4.11. The third-order valence-corrected chi connectivity index (χ3v) is 2.86. The maximum absolute atomic E-state index is 9.24. The van der Waals surface area contributed by atoms with Gasteiger partial charge in [0.05, 0.1) is 6.07 Å². The van der Waals surface area contributed by atoms with E-state index in [2.05, 4.69) is 23.5 Å². The van der Waals surface area contributed by atoms with Crippen LogP contribution in [0.25, 0.3) is 0 Å². The van der Waals surface area contributed by atoms with E-state index in [1.807, 2.05) is 49.4 Å². The third-order valence-electron chi connectivity index (χ3n) is 2.86. The maximum Gasteiger partial charge on any atom is 0.121 e. The summed E-state index contributed by atoms with van der Waals surface area (Å²) in [5.41, 5.74) is 3.38. The predicted octanol–water partition coefficient (Wildman–Crippen LogP) is 3.35. The molecule has 0 aliphatic carbocycles. The molecule has 1 atom stereocenters. The zero-order chi connectivity index (χ0) is 12.8. The molecule has 2 aromatic carbocycles. The standard InChI is InChI=1S/C16H16N2/c1-13-6-5-9-15(10-13)16(11-17)18-12-14-7-3-2-4-8-14/h2-10,16,18H,12H2,1H3/t16-/m1/s1. The van der Waals surface area contributed by atoms with E-state index in [0.717, 1.165) is 5.56 Å². The van der Waals surface area contributed by atoms with Gasteiger partial charge in [-0.25, -0.2) is 0 Å². The second-order valence-corrected chi connectivity index (χ2v) is 4.34. The first kappa shape index (κ1) is 12.3. The summed E-state index contributed by atoms with van der Waals surface area (Å²) in [6.07, 6.45) is 0. The van der Waals surface area contributed by atoms with E-state index in [4.69, 9.17) is 0 Å². The average molecular weight is 236 g/mol. The van der Waals surface area contributed by atoms with Crippen molar-refractivity contribution in [3.63, 3.8) is 0 Å². The second kappa shape index (κ2) is 6.00. The number of nitriles is 1. The number of aryl methyl sites for hydroxylation is 1. The fourth-order valence-electron chi connectivity index (χ4n) is 1.90. The van der Waals surface area contributed by atoms with Crippen molar-refractivity contribution in [3.05, 3.63) is 71.3 Å². The van der Waals surface area contributed by atoms with Crippen molar-refractivity contribution in [1.82, 2.24) is 5.32 Å². The highest BCUT2D eigenvalue weighted by atomic mass is 14.9. The monoisotopic (exact) mass is 236 g/mol. The van der Waals surface area contributed by atoms with Gasteiger partial charge in [-0.05, 0) is 18.1 Å². The Morgan fingerprint density at radius 1 is 1.11 bits per heavy atom. The number of nitrogens with zero attached hydrogens (tertiary/aromatic N) is 1. The minimum atomic E-state index is -0.259. The van der Waals surface area contributed by atoms with Crippen molar-refractivity contribution in [1.29, 1.82) is 5.26 Å². The van der Waals surface area contributed by atoms with E-state index in [-0.39, 0.29) is 6.04 Å². The van der Waals surface area contributed by atoms with Gasteiger partial charge in [0.1, 0.15) is 6.04 Å². The molecule has 0 unspecified atom stereocenters. The lowest BCUT2D eigenvalue weighted by Gasteiger charge is -2.12. The van der Waals surface area contributed by atoms with E-state index in [9.17, 15) is 5.26 Å². The third kappa shape index (κ3) is 3.19. The van der Waals surface area contributed by atoms with Crippen molar-refractivity contribution in [2.75, 3.05) is 0 Å². The van der Waals surface area contributed by atoms with Crippen molar-refractivity contribution in [2.45, 2.75) is 19.5 Å². The molecule has 2 nitrogen and oxygen atoms in total. The highest BCUT2D eigenvalue weighted by Gasteiger charge is 2.09. The molecule has 2 rings (SSSR count). The number of hydrogen-bond acceptors (Lipinski definition) is 2. The van der Waals surface area contributed by atoms with Crippen molar-refractivity contribution in [2.24, 2.45) is 0 Å². The molecule has 0 aliphatic heterocycles. The fraction of sp³-hybridized carbons (Fsp3) is 0.188. The van der Waals surface area contributed by atoms with Gasteiger partial charge >= 0.3 is 0 Å². The quantitative estimate of drug-likeness (QED) is 0.883. The summed E-state index contributed by atoms with van der Waals surface area (Å²) >= 11 is 0. The van der Waals surface area contributed by atoms with Gasteiger partial charge in [-0.1, -0.05) is 60.2 Å². The maximum atomic E-state index is 9.24. The van der Waals surface area contributed by atoms with E-state index in [1.54, 1.807) is 0 Å². The molecular weight excluding hydrogens is 220 g/mol. The molecule has 0 amide bonds. The van der Waals surface area contributed by atoms with Gasteiger partial charge in [0, 0.05) is 6.54 Å². The molecule has 0 spiro atoms. The van der Waals surface area contributed by atoms with Crippen LogP contribution in [0.5, 0.6) is 0 Å². The minimum Gasteiger partial charge on any atom is -0.294 e. The molecule has 2 heteroatoms. The Bertz CT molecular complexity index is 541. The Balaban J connectivity index is 2.05. The topological polar surface area (TPSA) is 35.8 Å². The minimum absolute atomic E-state index is 0.259. The van der Waals surface area contributed by atoms with Crippen LogP contribution in [0.3, 0.4) is 0 Å². The van der Waals surface area contributed by atoms with Crippen LogP contribution in [-0.4, -0.2) is 0 Å². The molecule has 0 saturated carbocycles. The molecule has 90 valence electrons. The first-order chi connectivity index (χ1) is 8.79. The Morgan fingerprint density at radius 2 is 1.89 bits per heavy atom. The summed E-state index contributed by atoms with van der Waals surface area (Å²) in [7, 11) is 0. The smallest absolute Gasteiger partial charge is 0.121 e. The summed E-state index contributed by atoms with van der Waals surface area (Å²) in [4.78, 5) is 0. The zero-order valence-corrected chi connectivity index (χ0v) is 10.4. The SMILES string of the molecule is Cc1cccc([C@@H](C#N)NCc2ccccc2)c1. The van der Waals surface area contributed by atoms with Gasteiger partial charge in [-0.2, -0.15) is 5.26 Å². The molecule has 0 fully saturated rings. The van der Waals surface area contributed by atoms with Crippen LogP contribution >= 0.6 is 0 Å². The predicted molar refractivity (Wildman–Crippen MR) is 72.8 cm³/mol. The van der Waals surface area contributed by atoms with E-state index >= 15 is 0 Å². The van der Waals surface area contributed by atoms with Gasteiger partial charge < -0.3 is 0 Å². The molecule has 1 N–H and O–H groups in total. The highest BCUT2D eigenvalue weighted by Crippen LogP contribution is 2.14. The van der Waals surface area contributed by atoms with E-state index < -0.39 is 0 Å². The molecule has 0 bridgehead atoms. The highest BCUT2D eigenvalue weighted by molar-refractivity contribution is 5.28. The zero-order valence-electron chi connectivity index (χ0n) is 10.4. The van der Waals surface area contributed by atoms with Crippen molar-refractivity contribution in [3.8, 4) is 6.07 Å². The van der Waals surface area contributed by atoms with E-state index in [0.29, 0.717) is 6.54 Å². The van der Waals surface area contributed by atoms with Crippen molar-refractivity contribution < 1.29 is 0 Å². The van der Waals surface area contributed by atoms with Crippen LogP contribution in [-0.2, 0) is 6.54 Å². The molecular formula is C16H16N2. The number of nitrogens with one attached hydrogen (secondary N) is 1. The lowest BCUT2D eigenvalue weighted by molar-refractivity contribution is 0.630. The molecule has 0 saturated heterocycles. The van der Waals surface area contributed by atoms with Gasteiger partial charge in [0.25, 0.3) is 0 Å². The molecule has 0 aromatic heterocycles. The number of rotatable bonds is 4. The summed E-state index contributed by atoms with van der Waals surface area (Å²) < 4.78 is 0. The Morgan fingerprint density at radius 3 is 2.56 bits per heavy atom. The molecule has 0 aliphatic rings. The van der Waals surface area contributed by atoms with Crippen LogP contribution in [0.4, 0.5) is 0 Å².